The van der Waals surface area contributed by atoms with Crippen LogP contribution in [0.4, 0.5) is 5.13 Å². The van der Waals surface area contributed by atoms with Crippen LogP contribution in [0, 0.1) is 5.92 Å². The lowest BCUT2D eigenvalue weighted by Crippen LogP contribution is -2.32. The van der Waals surface area contributed by atoms with Crippen LogP contribution in [0.2, 0.25) is 0 Å². The van der Waals surface area contributed by atoms with Crippen molar-refractivity contribution in [2.75, 3.05) is 32.6 Å². The first-order valence-corrected chi connectivity index (χ1v) is 11.0. The second-order valence-corrected chi connectivity index (χ2v) is 8.87. The van der Waals surface area contributed by atoms with Gasteiger partial charge in [0.05, 0.1) is 24.4 Å². The number of benzene rings is 2. The molecule has 1 N–H and O–H groups in total. The van der Waals surface area contributed by atoms with Crippen molar-refractivity contribution in [3.8, 4) is 11.5 Å². The summed E-state index contributed by atoms with van der Waals surface area (Å²) < 4.78 is 11.6. The normalized spacial score (nSPS) is 15.3. The molecule has 0 radical (unpaired) electrons. The quantitative estimate of drug-likeness (QED) is 0.615. The zero-order chi connectivity index (χ0) is 21.1. The van der Waals surface area contributed by atoms with Crippen molar-refractivity contribution in [1.82, 2.24) is 9.88 Å². The molecule has 0 aliphatic carbocycles. The van der Waals surface area contributed by atoms with Crippen LogP contribution >= 0.6 is 11.3 Å². The Morgan fingerprint density at radius 3 is 2.50 bits per heavy atom. The fourth-order valence-electron chi connectivity index (χ4n) is 3.71. The SMILES string of the molecule is COc1cc(OC)cc(C(=O)Nc2nc3ccc(CN4CCC(C)CC4)cc3s2)c1. The lowest BCUT2D eigenvalue weighted by atomic mass is 9.99. The molecule has 1 aliphatic rings. The number of nitrogens with zero attached hydrogens (tertiary/aromatic N) is 2. The van der Waals surface area contributed by atoms with E-state index >= 15 is 0 Å². The number of hydrogen-bond donors (Lipinski definition) is 1. The number of piperidine rings is 1. The van der Waals surface area contributed by atoms with Gasteiger partial charge in [-0.15, -0.1) is 0 Å². The Hall–Kier alpha value is -2.64. The Labute approximate surface area is 180 Å². The molecule has 158 valence electrons. The minimum absolute atomic E-state index is 0.242. The maximum Gasteiger partial charge on any atom is 0.257 e. The topological polar surface area (TPSA) is 63.7 Å². The van der Waals surface area contributed by atoms with Gasteiger partial charge >= 0.3 is 0 Å². The van der Waals surface area contributed by atoms with Gasteiger partial charge in [-0.1, -0.05) is 24.3 Å². The molecule has 2 heterocycles. The maximum atomic E-state index is 12.7. The minimum Gasteiger partial charge on any atom is -0.497 e. The number of amides is 1. The zero-order valence-electron chi connectivity index (χ0n) is 17.6. The van der Waals surface area contributed by atoms with Crippen molar-refractivity contribution in [3.63, 3.8) is 0 Å². The number of carbonyl (C=O) groups is 1. The highest BCUT2D eigenvalue weighted by atomic mass is 32.1. The second-order valence-electron chi connectivity index (χ2n) is 7.84. The summed E-state index contributed by atoms with van der Waals surface area (Å²) in [5.74, 6) is 1.73. The molecule has 0 saturated carbocycles. The molecule has 7 heteroatoms. The Morgan fingerprint density at radius 1 is 1.13 bits per heavy atom. The predicted molar refractivity (Wildman–Crippen MR) is 121 cm³/mol. The van der Waals surface area contributed by atoms with Gasteiger partial charge in [0.2, 0.25) is 0 Å². The van der Waals surface area contributed by atoms with E-state index in [2.05, 4.69) is 34.3 Å². The number of carbonyl (C=O) groups excluding carboxylic acids is 1. The summed E-state index contributed by atoms with van der Waals surface area (Å²) in [6.45, 7) is 5.62. The molecule has 1 aromatic heterocycles. The standard InChI is InChI=1S/C23H27N3O3S/c1-15-6-8-26(9-7-15)14-16-4-5-20-21(10-16)30-23(24-20)25-22(27)17-11-18(28-2)13-19(12-17)29-3/h4-5,10-13,15H,6-9,14H2,1-3H3,(H,24,25,27). The first-order chi connectivity index (χ1) is 14.5. The van der Waals surface area contributed by atoms with E-state index < -0.39 is 0 Å². The molecule has 1 amide bonds. The summed E-state index contributed by atoms with van der Waals surface area (Å²) in [5.41, 5.74) is 2.65. The van der Waals surface area contributed by atoms with Crippen molar-refractivity contribution < 1.29 is 14.3 Å². The van der Waals surface area contributed by atoms with Gasteiger partial charge in [0.25, 0.3) is 5.91 Å². The van der Waals surface area contributed by atoms with E-state index in [1.807, 2.05) is 6.07 Å². The van der Waals surface area contributed by atoms with Crippen LogP contribution in [0.25, 0.3) is 10.2 Å². The van der Waals surface area contributed by atoms with Crippen LogP contribution in [-0.2, 0) is 6.54 Å². The summed E-state index contributed by atoms with van der Waals surface area (Å²) in [6, 6.07) is 11.5. The third-order valence-electron chi connectivity index (χ3n) is 5.57. The molecule has 3 aromatic rings. The van der Waals surface area contributed by atoms with E-state index in [4.69, 9.17) is 9.47 Å². The van der Waals surface area contributed by atoms with E-state index in [0.717, 1.165) is 35.8 Å². The Balaban J connectivity index is 1.48. The van der Waals surface area contributed by atoms with Gasteiger partial charge in [0.1, 0.15) is 11.5 Å². The lowest BCUT2D eigenvalue weighted by molar-refractivity contribution is 0.102. The highest BCUT2D eigenvalue weighted by Crippen LogP contribution is 2.29. The summed E-state index contributed by atoms with van der Waals surface area (Å²) >= 11 is 1.49. The van der Waals surface area contributed by atoms with Crippen LogP contribution in [-0.4, -0.2) is 43.1 Å². The van der Waals surface area contributed by atoms with E-state index in [1.54, 1.807) is 32.4 Å². The van der Waals surface area contributed by atoms with Crippen LogP contribution in [0.15, 0.2) is 36.4 Å². The summed E-state index contributed by atoms with van der Waals surface area (Å²) in [5, 5.41) is 3.49. The molecule has 0 unspecified atom stereocenters. The number of anilines is 1. The van der Waals surface area contributed by atoms with Crippen molar-refractivity contribution in [2.24, 2.45) is 5.92 Å². The van der Waals surface area contributed by atoms with Crippen molar-refractivity contribution in [3.05, 3.63) is 47.5 Å². The zero-order valence-corrected chi connectivity index (χ0v) is 18.4. The van der Waals surface area contributed by atoms with Gasteiger partial charge in [-0.3, -0.25) is 15.0 Å². The number of rotatable bonds is 6. The molecule has 0 spiro atoms. The number of aromatic nitrogens is 1. The van der Waals surface area contributed by atoms with Crippen LogP contribution < -0.4 is 14.8 Å². The van der Waals surface area contributed by atoms with Gasteiger partial charge in [0.15, 0.2) is 5.13 Å². The first-order valence-electron chi connectivity index (χ1n) is 10.2. The second kappa shape index (κ2) is 9.02. The number of fused-ring (bicyclic) bond motifs is 1. The van der Waals surface area contributed by atoms with Gasteiger partial charge in [-0.25, -0.2) is 4.98 Å². The van der Waals surface area contributed by atoms with Crippen molar-refractivity contribution in [1.29, 1.82) is 0 Å². The van der Waals surface area contributed by atoms with Gasteiger partial charge < -0.3 is 9.47 Å². The fraction of sp³-hybridized carbons (Fsp3) is 0.391. The molecular formula is C23H27N3O3S. The third-order valence-corrected chi connectivity index (χ3v) is 6.50. The minimum atomic E-state index is -0.242. The molecule has 1 saturated heterocycles. The molecule has 0 atom stereocenters. The van der Waals surface area contributed by atoms with Gasteiger partial charge in [-0.05, 0) is 61.7 Å². The third kappa shape index (κ3) is 4.74. The largest absolute Gasteiger partial charge is 0.497 e. The summed E-state index contributed by atoms with van der Waals surface area (Å²) in [4.78, 5) is 19.8. The summed E-state index contributed by atoms with van der Waals surface area (Å²) in [7, 11) is 3.12. The summed E-state index contributed by atoms with van der Waals surface area (Å²) in [6.07, 6.45) is 2.54. The van der Waals surface area contributed by atoms with Crippen LogP contribution in [0.3, 0.4) is 0 Å². The molecule has 4 rings (SSSR count). The monoisotopic (exact) mass is 425 g/mol. The van der Waals surface area contributed by atoms with Crippen molar-refractivity contribution in [2.45, 2.75) is 26.3 Å². The molecule has 6 nitrogen and oxygen atoms in total. The highest BCUT2D eigenvalue weighted by molar-refractivity contribution is 7.22. The predicted octanol–water partition coefficient (Wildman–Crippen LogP) is 4.80. The number of ether oxygens (including phenoxy) is 2. The number of thiazole rings is 1. The lowest BCUT2D eigenvalue weighted by Gasteiger charge is -2.30. The average molecular weight is 426 g/mol. The number of methoxy groups -OCH3 is 2. The van der Waals surface area contributed by atoms with E-state index in [9.17, 15) is 4.79 Å². The van der Waals surface area contributed by atoms with Gasteiger partial charge in [-0.2, -0.15) is 0 Å². The molecular weight excluding hydrogens is 398 g/mol. The van der Waals surface area contributed by atoms with Crippen molar-refractivity contribution >= 4 is 32.6 Å². The highest BCUT2D eigenvalue weighted by Gasteiger charge is 2.17. The van der Waals surface area contributed by atoms with Crippen LogP contribution in [0.5, 0.6) is 11.5 Å². The molecule has 2 aromatic carbocycles. The first kappa shape index (κ1) is 20.6. The molecule has 30 heavy (non-hydrogen) atoms. The van der Waals surface area contributed by atoms with E-state index in [-0.39, 0.29) is 5.91 Å². The molecule has 0 bridgehead atoms. The van der Waals surface area contributed by atoms with E-state index in [0.29, 0.717) is 22.2 Å². The molecule has 1 aliphatic heterocycles. The fourth-order valence-corrected chi connectivity index (χ4v) is 4.63. The Morgan fingerprint density at radius 2 is 1.83 bits per heavy atom. The number of nitrogens with one attached hydrogen (secondary N) is 1. The smallest absolute Gasteiger partial charge is 0.257 e. The van der Waals surface area contributed by atoms with Gasteiger partial charge in [0, 0.05) is 18.2 Å². The van der Waals surface area contributed by atoms with E-state index in [1.165, 1.54) is 29.7 Å². The van der Waals surface area contributed by atoms with Crippen LogP contribution in [0.1, 0.15) is 35.7 Å². The Kier molecular flexibility index (Phi) is 6.20. The average Bonchev–Trinajstić information content (AvgIpc) is 3.16. The maximum absolute atomic E-state index is 12.7. The Bertz CT molecular complexity index is 1020. The number of likely N-dealkylation sites (tertiary alicyclic amines) is 1. The molecule has 1 fully saturated rings. The number of hydrogen-bond acceptors (Lipinski definition) is 6.